The SMILES string of the molecule is O=C(c1ccccc1)N1CCC(c2ccsc2)CC1. The van der Waals surface area contributed by atoms with Crippen molar-refractivity contribution in [2.45, 2.75) is 18.8 Å². The van der Waals surface area contributed by atoms with Gasteiger partial charge in [-0.1, -0.05) is 18.2 Å². The molecule has 0 aliphatic carbocycles. The minimum absolute atomic E-state index is 0.171. The summed E-state index contributed by atoms with van der Waals surface area (Å²) in [6.45, 7) is 1.74. The molecule has 1 aliphatic rings. The molecule has 98 valence electrons. The molecule has 3 rings (SSSR count). The molecular formula is C16H17NOS. The summed E-state index contributed by atoms with van der Waals surface area (Å²) in [6.07, 6.45) is 2.16. The van der Waals surface area contributed by atoms with Crippen molar-refractivity contribution in [1.82, 2.24) is 4.90 Å². The summed E-state index contributed by atoms with van der Waals surface area (Å²) in [7, 11) is 0. The highest BCUT2D eigenvalue weighted by atomic mass is 32.1. The van der Waals surface area contributed by atoms with Crippen LogP contribution >= 0.6 is 11.3 Å². The second-order valence-corrected chi connectivity index (χ2v) is 5.77. The number of nitrogens with zero attached hydrogens (tertiary/aromatic N) is 1. The minimum atomic E-state index is 0.171. The number of carbonyl (C=O) groups excluding carboxylic acids is 1. The highest BCUT2D eigenvalue weighted by Crippen LogP contribution is 2.29. The van der Waals surface area contributed by atoms with Crippen LogP contribution in [0.25, 0.3) is 0 Å². The van der Waals surface area contributed by atoms with Crippen LogP contribution in [0.5, 0.6) is 0 Å². The van der Waals surface area contributed by atoms with Gasteiger partial charge < -0.3 is 4.90 Å². The summed E-state index contributed by atoms with van der Waals surface area (Å²) in [6, 6.07) is 11.8. The topological polar surface area (TPSA) is 20.3 Å². The summed E-state index contributed by atoms with van der Waals surface area (Å²) in [4.78, 5) is 14.3. The highest BCUT2D eigenvalue weighted by Gasteiger charge is 2.24. The quantitative estimate of drug-likeness (QED) is 0.814. The first-order valence-electron chi connectivity index (χ1n) is 6.71. The van der Waals surface area contributed by atoms with Gasteiger partial charge in [0.1, 0.15) is 0 Å². The Kier molecular flexibility index (Phi) is 3.65. The van der Waals surface area contributed by atoms with Gasteiger partial charge in [0.25, 0.3) is 5.91 Å². The van der Waals surface area contributed by atoms with Crippen LogP contribution in [0.1, 0.15) is 34.7 Å². The van der Waals surface area contributed by atoms with E-state index in [4.69, 9.17) is 0 Å². The summed E-state index contributed by atoms with van der Waals surface area (Å²) < 4.78 is 0. The van der Waals surface area contributed by atoms with Gasteiger partial charge in [-0.2, -0.15) is 11.3 Å². The minimum Gasteiger partial charge on any atom is -0.339 e. The van der Waals surface area contributed by atoms with Crippen LogP contribution in [0.15, 0.2) is 47.2 Å². The third-order valence-corrected chi connectivity index (χ3v) is 4.52. The van der Waals surface area contributed by atoms with E-state index in [1.165, 1.54) is 5.56 Å². The number of piperidine rings is 1. The summed E-state index contributed by atoms with van der Waals surface area (Å²) in [5.74, 6) is 0.801. The number of hydrogen-bond donors (Lipinski definition) is 0. The first-order valence-corrected chi connectivity index (χ1v) is 7.65. The Morgan fingerprint density at radius 1 is 1.11 bits per heavy atom. The highest BCUT2D eigenvalue weighted by molar-refractivity contribution is 7.07. The van der Waals surface area contributed by atoms with Crippen LogP contribution in [-0.4, -0.2) is 23.9 Å². The van der Waals surface area contributed by atoms with Crippen molar-refractivity contribution in [1.29, 1.82) is 0 Å². The van der Waals surface area contributed by atoms with Crippen molar-refractivity contribution in [2.24, 2.45) is 0 Å². The summed E-state index contributed by atoms with van der Waals surface area (Å²) in [5, 5.41) is 4.37. The fraction of sp³-hybridized carbons (Fsp3) is 0.312. The molecule has 3 heteroatoms. The van der Waals surface area contributed by atoms with Crippen LogP contribution < -0.4 is 0 Å². The molecule has 1 aromatic carbocycles. The maximum absolute atomic E-state index is 12.3. The fourth-order valence-corrected chi connectivity index (χ4v) is 3.43. The van der Waals surface area contributed by atoms with E-state index in [9.17, 15) is 4.79 Å². The molecule has 1 fully saturated rings. The molecule has 0 unspecified atom stereocenters. The van der Waals surface area contributed by atoms with Crippen molar-refractivity contribution in [3.05, 3.63) is 58.3 Å². The Bertz CT molecular complexity index is 527. The number of carbonyl (C=O) groups is 1. The molecule has 1 aliphatic heterocycles. The zero-order valence-electron chi connectivity index (χ0n) is 10.8. The van der Waals surface area contributed by atoms with E-state index < -0.39 is 0 Å². The molecule has 19 heavy (non-hydrogen) atoms. The number of hydrogen-bond acceptors (Lipinski definition) is 2. The second kappa shape index (κ2) is 5.57. The Balaban J connectivity index is 1.63. The van der Waals surface area contributed by atoms with Crippen LogP contribution in [0.3, 0.4) is 0 Å². The molecule has 0 N–H and O–H groups in total. The third kappa shape index (κ3) is 2.71. The van der Waals surface area contributed by atoms with Crippen molar-refractivity contribution >= 4 is 17.2 Å². The number of amides is 1. The predicted octanol–water partition coefficient (Wildman–Crippen LogP) is 3.77. The van der Waals surface area contributed by atoms with E-state index in [1.54, 1.807) is 11.3 Å². The lowest BCUT2D eigenvalue weighted by molar-refractivity contribution is 0.0713. The Morgan fingerprint density at radius 2 is 1.84 bits per heavy atom. The number of thiophene rings is 1. The van der Waals surface area contributed by atoms with E-state index in [2.05, 4.69) is 16.8 Å². The van der Waals surface area contributed by atoms with Crippen LogP contribution in [0.4, 0.5) is 0 Å². The van der Waals surface area contributed by atoms with Gasteiger partial charge in [0.2, 0.25) is 0 Å². The van der Waals surface area contributed by atoms with E-state index in [0.717, 1.165) is 31.5 Å². The molecule has 1 aromatic heterocycles. The third-order valence-electron chi connectivity index (χ3n) is 3.82. The van der Waals surface area contributed by atoms with Crippen LogP contribution in [-0.2, 0) is 0 Å². The number of rotatable bonds is 2. The first kappa shape index (κ1) is 12.4. The average molecular weight is 271 g/mol. The van der Waals surface area contributed by atoms with Crippen molar-refractivity contribution in [3.63, 3.8) is 0 Å². The van der Waals surface area contributed by atoms with Gasteiger partial charge in [-0.3, -0.25) is 4.79 Å². The van der Waals surface area contributed by atoms with Gasteiger partial charge in [0.15, 0.2) is 0 Å². The largest absolute Gasteiger partial charge is 0.339 e. The van der Waals surface area contributed by atoms with Crippen molar-refractivity contribution < 1.29 is 4.79 Å². The van der Waals surface area contributed by atoms with Gasteiger partial charge in [-0.15, -0.1) is 0 Å². The van der Waals surface area contributed by atoms with Crippen molar-refractivity contribution in [3.8, 4) is 0 Å². The molecule has 0 radical (unpaired) electrons. The fourth-order valence-electron chi connectivity index (χ4n) is 2.69. The normalized spacial score (nSPS) is 16.5. The Morgan fingerprint density at radius 3 is 2.47 bits per heavy atom. The number of likely N-dealkylation sites (tertiary alicyclic amines) is 1. The van der Waals surface area contributed by atoms with E-state index in [0.29, 0.717) is 5.92 Å². The van der Waals surface area contributed by atoms with E-state index >= 15 is 0 Å². The standard InChI is InChI=1S/C16H17NOS/c18-16(14-4-2-1-3-5-14)17-9-6-13(7-10-17)15-8-11-19-12-15/h1-5,8,11-13H,6-7,9-10H2. The monoisotopic (exact) mass is 271 g/mol. The lowest BCUT2D eigenvalue weighted by atomic mass is 9.91. The summed E-state index contributed by atoms with van der Waals surface area (Å²) in [5.41, 5.74) is 2.24. The van der Waals surface area contributed by atoms with E-state index in [-0.39, 0.29) is 5.91 Å². The zero-order chi connectivity index (χ0) is 13.1. The molecule has 0 atom stereocenters. The molecule has 0 spiro atoms. The molecule has 0 bridgehead atoms. The van der Waals surface area contributed by atoms with Crippen LogP contribution in [0, 0.1) is 0 Å². The molecule has 1 saturated heterocycles. The van der Waals surface area contributed by atoms with E-state index in [1.807, 2.05) is 35.2 Å². The lowest BCUT2D eigenvalue weighted by Crippen LogP contribution is -2.37. The van der Waals surface area contributed by atoms with Crippen molar-refractivity contribution in [2.75, 3.05) is 13.1 Å². The smallest absolute Gasteiger partial charge is 0.253 e. The Hall–Kier alpha value is -1.61. The van der Waals surface area contributed by atoms with Gasteiger partial charge >= 0.3 is 0 Å². The predicted molar refractivity (Wildman–Crippen MR) is 78.6 cm³/mol. The Labute approximate surface area is 117 Å². The van der Waals surface area contributed by atoms with Gasteiger partial charge in [-0.05, 0) is 53.3 Å². The van der Waals surface area contributed by atoms with Gasteiger partial charge in [0, 0.05) is 18.7 Å². The van der Waals surface area contributed by atoms with Crippen LogP contribution in [0.2, 0.25) is 0 Å². The van der Waals surface area contributed by atoms with Gasteiger partial charge in [-0.25, -0.2) is 0 Å². The lowest BCUT2D eigenvalue weighted by Gasteiger charge is -2.31. The molecule has 2 heterocycles. The molecule has 2 aromatic rings. The summed E-state index contributed by atoms with van der Waals surface area (Å²) >= 11 is 1.76. The zero-order valence-corrected chi connectivity index (χ0v) is 11.6. The molecule has 1 amide bonds. The maximum Gasteiger partial charge on any atom is 0.253 e. The molecule has 0 saturated carbocycles. The average Bonchev–Trinajstić information content (AvgIpc) is 3.02. The molecule has 2 nitrogen and oxygen atoms in total. The van der Waals surface area contributed by atoms with Gasteiger partial charge in [0.05, 0.1) is 0 Å². The molecular weight excluding hydrogens is 254 g/mol. The number of benzene rings is 1. The maximum atomic E-state index is 12.3. The second-order valence-electron chi connectivity index (χ2n) is 4.99. The first-order chi connectivity index (χ1) is 9.34.